The first-order chi connectivity index (χ1) is 14.6. The van der Waals surface area contributed by atoms with Crippen molar-refractivity contribution < 1.29 is 9.90 Å². The number of phenols is 1. The maximum absolute atomic E-state index is 13.6. The lowest BCUT2D eigenvalue weighted by atomic mass is 10.0. The highest BCUT2D eigenvalue weighted by Gasteiger charge is 2.24. The zero-order valence-corrected chi connectivity index (χ0v) is 17.1. The average Bonchev–Trinajstić information content (AvgIpc) is 3.19. The predicted octanol–water partition coefficient (Wildman–Crippen LogP) is 6.14. The number of nitrogens with zero attached hydrogens (tertiary/aromatic N) is 1. The van der Waals surface area contributed by atoms with Gasteiger partial charge in [0.15, 0.2) is 0 Å². The van der Waals surface area contributed by atoms with Crippen molar-refractivity contribution >= 4 is 34.0 Å². The Morgan fingerprint density at radius 2 is 1.60 bits per heavy atom. The second-order valence-electron chi connectivity index (χ2n) is 7.61. The number of rotatable bonds is 4. The van der Waals surface area contributed by atoms with Crippen LogP contribution in [-0.4, -0.2) is 11.0 Å². The fraction of sp³-hybridized carbons (Fsp3) is 0.115. The zero-order chi connectivity index (χ0) is 20.7. The van der Waals surface area contributed by atoms with Crippen LogP contribution in [0.25, 0.3) is 10.8 Å². The number of carbonyl (C=O) groups is 1. The molecule has 148 valence electrons. The van der Waals surface area contributed by atoms with E-state index < -0.39 is 0 Å². The Labute approximate surface area is 180 Å². The van der Waals surface area contributed by atoms with Crippen molar-refractivity contribution in [3.63, 3.8) is 0 Å². The molecule has 0 heterocycles. The number of carbonyl (C=O) groups excluding carboxylic acids is 1. The van der Waals surface area contributed by atoms with E-state index in [2.05, 4.69) is 24.3 Å². The minimum Gasteiger partial charge on any atom is -0.508 e. The lowest BCUT2D eigenvalue weighted by Gasteiger charge is -2.25. The molecule has 0 saturated heterocycles. The van der Waals surface area contributed by atoms with Gasteiger partial charge in [0, 0.05) is 21.5 Å². The topological polar surface area (TPSA) is 40.5 Å². The highest BCUT2D eigenvalue weighted by atomic mass is 35.5. The molecule has 1 aliphatic carbocycles. The van der Waals surface area contributed by atoms with Gasteiger partial charge in [0.2, 0.25) is 0 Å². The monoisotopic (exact) mass is 413 g/mol. The fourth-order valence-corrected chi connectivity index (χ4v) is 4.42. The third-order valence-corrected chi connectivity index (χ3v) is 6.05. The van der Waals surface area contributed by atoms with Crippen LogP contribution in [0.1, 0.15) is 27.0 Å². The molecule has 0 unspecified atom stereocenters. The van der Waals surface area contributed by atoms with Crippen molar-refractivity contribution in [1.82, 2.24) is 0 Å². The SMILES string of the molecule is O=C(c1ccc(Cl)cc1)N(Cc1ccccc1O)c1ccc2c3c(cccc13)CC2. The molecule has 1 N–H and O–H groups in total. The molecule has 0 radical (unpaired) electrons. The van der Waals surface area contributed by atoms with Gasteiger partial charge in [0.25, 0.3) is 5.91 Å². The second kappa shape index (κ2) is 7.51. The van der Waals surface area contributed by atoms with Gasteiger partial charge < -0.3 is 10.0 Å². The van der Waals surface area contributed by atoms with E-state index in [9.17, 15) is 9.90 Å². The van der Waals surface area contributed by atoms with Crippen LogP contribution in [0.5, 0.6) is 5.75 Å². The molecule has 4 heteroatoms. The normalized spacial score (nSPS) is 12.3. The van der Waals surface area contributed by atoms with Crippen molar-refractivity contribution in [2.75, 3.05) is 4.90 Å². The number of aromatic hydroxyl groups is 1. The number of benzene rings is 4. The molecular weight excluding hydrogens is 394 g/mol. The molecule has 4 aromatic rings. The summed E-state index contributed by atoms with van der Waals surface area (Å²) in [5.74, 6) is 0.0472. The van der Waals surface area contributed by atoms with E-state index in [1.54, 1.807) is 41.3 Å². The molecule has 4 aromatic carbocycles. The van der Waals surface area contributed by atoms with E-state index in [1.165, 1.54) is 16.5 Å². The summed E-state index contributed by atoms with van der Waals surface area (Å²) in [6.45, 7) is 0.271. The Morgan fingerprint density at radius 1 is 0.867 bits per heavy atom. The van der Waals surface area contributed by atoms with Crippen molar-refractivity contribution in [2.45, 2.75) is 19.4 Å². The first kappa shape index (κ1) is 18.7. The quantitative estimate of drug-likeness (QED) is 0.436. The van der Waals surface area contributed by atoms with Crippen LogP contribution in [0.15, 0.2) is 78.9 Å². The highest BCUT2D eigenvalue weighted by Crippen LogP contribution is 2.38. The Bertz CT molecular complexity index is 1250. The lowest BCUT2D eigenvalue weighted by Crippen LogP contribution is -2.30. The molecule has 5 rings (SSSR count). The van der Waals surface area contributed by atoms with Gasteiger partial charge in [-0.15, -0.1) is 0 Å². The summed E-state index contributed by atoms with van der Waals surface area (Å²) in [5.41, 5.74) is 4.75. The Balaban J connectivity index is 1.67. The van der Waals surface area contributed by atoms with Crippen molar-refractivity contribution in [3.8, 4) is 5.75 Å². The van der Waals surface area contributed by atoms with Gasteiger partial charge in [-0.3, -0.25) is 4.79 Å². The van der Waals surface area contributed by atoms with Crippen molar-refractivity contribution in [2.24, 2.45) is 0 Å². The molecular formula is C26H20ClNO2. The maximum atomic E-state index is 13.6. The molecule has 0 atom stereocenters. The summed E-state index contributed by atoms with van der Waals surface area (Å²) in [7, 11) is 0. The van der Waals surface area contributed by atoms with Crippen molar-refractivity contribution in [3.05, 3.63) is 106 Å². The standard InChI is InChI=1S/C26H20ClNO2/c27-21-13-10-19(11-14-21)26(30)28(16-20-4-1-2-7-24(20)29)23-15-12-18-9-8-17-5-3-6-22(23)25(17)18/h1-7,10-15,29H,8-9,16H2. The van der Waals surface area contributed by atoms with Crippen LogP contribution in [0.2, 0.25) is 5.02 Å². The molecule has 3 nitrogen and oxygen atoms in total. The number of halogens is 1. The lowest BCUT2D eigenvalue weighted by molar-refractivity contribution is 0.0985. The Hall–Kier alpha value is -3.30. The fourth-order valence-electron chi connectivity index (χ4n) is 4.30. The molecule has 1 aliphatic rings. The van der Waals surface area contributed by atoms with Crippen LogP contribution in [0, 0.1) is 0 Å². The highest BCUT2D eigenvalue weighted by molar-refractivity contribution is 6.30. The minimum atomic E-state index is -0.131. The van der Waals surface area contributed by atoms with Crippen LogP contribution >= 0.6 is 11.6 Å². The van der Waals surface area contributed by atoms with Gasteiger partial charge in [-0.05, 0) is 65.8 Å². The van der Waals surface area contributed by atoms with Crippen LogP contribution in [-0.2, 0) is 19.4 Å². The summed E-state index contributed by atoms with van der Waals surface area (Å²) in [6.07, 6.45) is 2.06. The van der Waals surface area contributed by atoms with E-state index in [0.29, 0.717) is 16.1 Å². The number of hydrogen-bond acceptors (Lipinski definition) is 2. The number of hydrogen-bond donors (Lipinski definition) is 1. The first-order valence-electron chi connectivity index (χ1n) is 9.99. The molecule has 0 bridgehead atoms. The van der Waals surface area contributed by atoms with Crippen LogP contribution < -0.4 is 4.90 Å². The largest absolute Gasteiger partial charge is 0.508 e. The van der Waals surface area contributed by atoms with E-state index in [1.807, 2.05) is 18.2 Å². The molecule has 0 fully saturated rings. The third-order valence-electron chi connectivity index (χ3n) is 5.80. The Kier molecular flexibility index (Phi) is 4.68. The number of anilines is 1. The van der Waals surface area contributed by atoms with Gasteiger partial charge in [-0.2, -0.15) is 0 Å². The summed E-state index contributed by atoms with van der Waals surface area (Å²) in [5, 5.41) is 13.3. The molecule has 1 amide bonds. The number of amides is 1. The summed E-state index contributed by atoms with van der Waals surface area (Å²) in [4.78, 5) is 15.4. The molecule has 30 heavy (non-hydrogen) atoms. The molecule has 0 aliphatic heterocycles. The van der Waals surface area contributed by atoms with Crippen LogP contribution in [0.3, 0.4) is 0 Å². The van der Waals surface area contributed by atoms with Crippen molar-refractivity contribution in [1.29, 1.82) is 0 Å². The predicted molar refractivity (Wildman–Crippen MR) is 121 cm³/mol. The first-order valence-corrected chi connectivity index (χ1v) is 10.4. The van der Waals surface area contributed by atoms with Crippen LogP contribution in [0.4, 0.5) is 5.69 Å². The van der Waals surface area contributed by atoms with E-state index in [0.717, 1.165) is 23.9 Å². The van der Waals surface area contributed by atoms with E-state index in [4.69, 9.17) is 11.6 Å². The summed E-state index contributed by atoms with van der Waals surface area (Å²) in [6, 6.07) is 24.5. The van der Waals surface area contributed by atoms with E-state index in [-0.39, 0.29) is 18.2 Å². The summed E-state index contributed by atoms with van der Waals surface area (Å²) < 4.78 is 0. The zero-order valence-electron chi connectivity index (χ0n) is 16.3. The maximum Gasteiger partial charge on any atom is 0.258 e. The van der Waals surface area contributed by atoms with E-state index >= 15 is 0 Å². The van der Waals surface area contributed by atoms with Gasteiger partial charge in [0.05, 0.1) is 12.2 Å². The molecule has 0 spiro atoms. The van der Waals surface area contributed by atoms with Gasteiger partial charge in [0.1, 0.15) is 5.75 Å². The van der Waals surface area contributed by atoms with Gasteiger partial charge >= 0.3 is 0 Å². The smallest absolute Gasteiger partial charge is 0.258 e. The van der Waals surface area contributed by atoms with Gasteiger partial charge in [-0.1, -0.05) is 54.1 Å². The molecule has 0 aromatic heterocycles. The third kappa shape index (κ3) is 3.21. The number of aryl methyl sites for hydroxylation is 2. The number of para-hydroxylation sites is 1. The average molecular weight is 414 g/mol. The minimum absolute atomic E-state index is 0.131. The second-order valence-corrected chi connectivity index (χ2v) is 8.05. The Morgan fingerprint density at radius 3 is 2.37 bits per heavy atom. The van der Waals surface area contributed by atoms with Gasteiger partial charge in [-0.25, -0.2) is 0 Å². The summed E-state index contributed by atoms with van der Waals surface area (Å²) >= 11 is 6.03. The number of phenolic OH excluding ortho intramolecular Hbond substituents is 1. The molecule has 0 saturated carbocycles.